The van der Waals surface area contributed by atoms with E-state index in [0.717, 1.165) is 31.4 Å². The van der Waals surface area contributed by atoms with Crippen molar-refractivity contribution in [3.63, 3.8) is 0 Å². The van der Waals surface area contributed by atoms with Crippen molar-refractivity contribution in [2.75, 3.05) is 6.61 Å². The number of aliphatic hydroxyl groups excluding tert-OH is 1. The smallest absolute Gasteiger partial charge is 0.0691 e. The number of allylic oxidation sites excluding steroid dienone is 6. The Bertz CT molecular complexity index is 1360. The van der Waals surface area contributed by atoms with Gasteiger partial charge in [0.25, 0.3) is 0 Å². The van der Waals surface area contributed by atoms with Crippen LogP contribution in [0.1, 0.15) is 135 Å². The monoisotopic (exact) mass is 623 g/mol. The maximum absolute atomic E-state index is 11.2. The zero-order valence-corrected chi connectivity index (χ0v) is 29.5. The van der Waals surface area contributed by atoms with Gasteiger partial charge in [-0.25, -0.2) is 0 Å². The molecule has 6 aliphatic rings. The minimum absolute atomic E-state index is 0.0425. The van der Waals surface area contributed by atoms with Crippen molar-refractivity contribution < 1.29 is 9.84 Å². The van der Waals surface area contributed by atoms with Gasteiger partial charge in [-0.1, -0.05) is 93.2 Å². The number of rotatable bonds is 1. The summed E-state index contributed by atoms with van der Waals surface area (Å²) in [6.45, 7) is 15.4. The molecule has 3 heteroatoms. The SMILES string of the molecule is C=CN.CC1=CCCC=C1.CCC#Cc1ccc(C2CC3(C)C(O)CCC3C3CCC4CC5(CCC4=C23)CCC(C)(C)CO5)cc1. The summed E-state index contributed by atoms with van der Waals surface area (Å²) < 4.78 is 6.69. The van der Waals surface area contributed by atoms with Gasteiger partial charge in [-0.15, -0.1) is 0 Å². The number of nitrogens with two attached hydrogens (primary N) is 1. The molecule has 46 heavy (non-hydrogen) atoms. The minimum atomic E-state index is -0.155. The summed E-state index contributed by atoms with van der Waals surface area (Å²) in [6, 6.07) is 9.15. The van der Waals surface area contributed by atoms with Crippen molar-refractivity contribution in [3.05, 3.63) is 83.1 Å². The molecule has 1 aromatic rings. The molecule has 4 fully saturated rings. The van der Waals surface area contributed by atoms with E-state index in [2.05, 4.69) is 101 Å². The number of benzene rings is 1. The van der Waals surface area contributed by atoms with Gasteiger partial charge in [0.1, 0.15) is 0 Å². The summed E-state index contributed by atoms with van der Waals surface area (Å²) in [7, 11) is 0. The Hall–Kier alpha value is -2.54. The molecule has 3 saturated carbocycles. The van der Waals surface area contributed by atoms with E-state index in [-0.39, 0.29) is 17.1 Å². The lowest BCUT2D eigenvalue weighted by molar-refractivity contribution is -0.144. The molecule has 5 aliphatic carbocycles. The Kier molecular flexibility index (Phi) is 11.1. The van der Waals surface area contributed by atoms with E-state index in [0.29, 0.717) is 29.1 Å². The number of ether oxygens (including phenoxy) is 1. The first-order valence-electron chi connectivity index (χ1n) is 18.3. The predicted molar refractivity (Wildman–Crippen MR) is 193 cm³/mol. The molecule has 3 nitrogen and oxygen atoms in total. The molecule has 1 spiro atoms. The quantitative estimate of drug-likeness (QED) is 0.242. The molecule has 0 bridgehead atoms. The van der Waals surface area contributed by atoms with Crippen LogP contribution in [0.4, 0.5) is 0 Å². The third-order valence-corrected chi connectivity index (χ3v) is 12.4. The van der Waals surface area contributed by atoms with Gasteiger partial charge in [0, 0.05) is 17.9 Å². The third-order valence-electron chi connectivity index (χ3n) is 12.4. The molecule has 1 heterocycles. The zero-order chi connectivity index (χ0) is 33.0. The lowest BCUT2D eigenvalue weighted by Crippen LogP contribution is -2.49. The molecule has 1 saturated heterocycles. The fourth-order valence-electron chi connectivity index (χ4n) is 9.76. The van der Waals surface area contributed by atoms with Gasteiger partial charge in [-0.2, -0.15) is 0 Å². The molecule has 0 aromatic heterocycles. The van der Waals surface area contributed by atoms with Crippen molar-refractivity contribution in [1.29, 1.82) is 0 Å². The van der Waals surface area contributed by atoms with Gasteiger partial charge in [-0.05, 0) is 136 Å². The number of hydrogen-bond donors (Lipinski definition) is 2. The molecule has 7 unspecified atom stereocenters. The fraction of sp³-hybridized carbons (Fsp3) is 0.628. The van der Waals surface area contributed by atoms with E-state index < -0.39 is 0 Å². The first-order valence-corrected chi connectivity index (χ1v) is 18.3. The maximum atomic E-state index is 11.2. The number of hydrogen-bond acceptors (Lipinski definition) is 3. The Morgan fingerprint density at radius 1 is 1.02 bits per heavy atom. The summed E-state index contributed by atoms with van der Waals surface area (Å²) in [5, 5.41) is 11.2. The van der Waals surface area contributed by atoms with E-state index in [9.17, 15) is 5.11 Å². The Morgan fingerprint density at radius 3 is 2.39 bits per heavy atom. The van der Waals surface area contributed by atoms with Crippen LogP contribution < -0.4 is 5.73 Å². The fourth-order valence-corrected chi connectivity index (χ4v) is 9.76. The molecule has 7 rings (SSSR count). The van der Waals surface area contributed by atoms with Crippen LogP contribution in [0.5, 0.6) is 0 Å². The Morgan fingerprint density at radius 2 is 1.78 bits per heavy atom. The largest absolute Gasteiger partial charge is 0.405 e. The Balaban J connectivity index is 0.000000360. The molecular weight excluding hydrogens is 562 g/mol. The van der Waals surface area contributed by atoms with Crippen molar-refractivity contribution in [1.82, 2.24) is 0 Å². The summed E-state index contributed by atoms with van der Waals surface area (Å²) >= 11 is 0. The van der Waals surface area contributed by atoms with Gasteiger partial charge in [0.05, 0.1) is 18.3 Å². The standard InChI is InChI=1S/C34H46O2.C7H10.C2H5N/c1-5-6-7-23-8-10-24(11-9-23)28-21-33(4)29(14-15-30(33)35)27-13-12-25-20-34(17-16-26(25)31(27)28)19-18-32(2,3)22-36-34;1-7-5-3-2-4-6-7;1-2-3/h8-11,25,27-30,35H,5,12-22H2,1-4H3;3,5-6H,2,4H2,1H3;2H,1,3H2. The first-order chi connectivity index (χ1) is 22.0. The molecule has 3 N–H and O–H groups in total. The van der Waals surface area contributed by atoms with Crippen LogP contribution in [-0.4, -0.2) is 23.4 Å². The summed E-state index contributed by atoms with van der Waals surface area (Å²) in [5.74, 6) is 8.94. The van der Waals surface area contributed by atoms with Crippen LogP contribution in [0.3, 0.4) is 0 Å². The topological polar surface area (TPSA) is 55.5 Å². The zero-order valence-electron chi connectivity index (χ0n) is 29.5. The van der Waals surface area contributed by atoms with E-state index in [1.54, 1.807) is 11.1 Å². The maximum Gasteiger partial charge on any atom is 0.0691 e. The normalized spacial score (nSPS) is 35.4. The van der Waals surface area contributed by atoms with Gasteiger partial charge < -0.3 is 15.6 Å². The van der Waals surface area contributed by atoms with Crippen molar-refractivity contribution >= 4 is 0 Å². The molecule has 1 aromatic carbocycles. The number of aliphatic hydroxyl groups is 1. The minimum Gasteiger partial charge on any atom is -0.405 e. The van der Waals surface area contributed by atoms with Gasteiger partial charge >= 0.3 is 0 Å². The van der Waals surface area contributed by atoms with Crippen LogP contribution in [0, 0.1) is 40.4 Å². The van der Waals surface area contributed by atoms with Crippen LogP contribution in [0.2, 0.25) is 0 Å². The summed E-state index contributed by atoms with van der Waals surface area (Å²) in [5.41, 5.74) is 12.7. The van der Waals surface area contributed by atoms with Crippen LogP contribution in [-0.2, 0) is 4.74 Å². The number of fused-ring (bicyclic) bond motifs is 4. The average molecular weight is 624 g/mol. The van der Waals surface area contributed by atoms with Crippen molar-refractivity contribution in [2.24, 2.45) is 34.3 Å². The second kappa shape index (κ2) is 14.7. The first kappa shape index (κ1) is 34.8. The highest BCUT2D eigenvalue weighted by molar-refractivity contribution is 5.44. The lowest BCUT2D eigenvalue weighted by Gasteiger charge is -2.55. The van der Waals surface area contributed by atoms with E-state index in [1.165, 1.54) is 81.5 Å². The molecule has 7 atom stereocenters. The van der Waals surface area contributed by atoms with Crippen molar-refractivity contribution in [3.8, 4) is 11.8 Å². The lowest BCUT2D eigenvalue weighted by atomic mass is 9.51. The van der Waals surface area contributed by atoms with Crippen LogP contribution in [0.25, 0.3) is 0 Å². The molecular formula is C43H61NO2. The summed E-state index contributed by atoms with van der Waals surface area (Å²) in [6.07, 6.45) is 23.2. The molecule has 1 aliphatic heterocycles. The van der Waals surface area contributed by atoms with Gasteiger partial charge in [-0.3, -0.25) is 0 Å². The van der Waals surface area contributed by atoms with Crippen molar-refractivity contribution in [2.45, 2.75) is 136 Å². The Labute approximate surface area is 280 Å². The van der Waals surface area contributed by atoms with E-state index in [4.69, 9.17) is 4.74 Å². The highest BCUT2D eigenvalue weighted by Crippen LogP contribution is 2.65. The second-order valence-corrected chi connectivity index (χ2v) is 16.1. The van der Waals surface area contributed by atoms with E-state index >= 15 is 0 Å². The predicted octanol–water partition coefficient (Wildman–Crippen LogP) is 10.2. The molecule has 250 valence electrons. The average Bonchev–Trinajstić information content (AvgIpc) is 3.36. The summed E-state index contributed by atoms with van der Waals surface area (Å²) in [4.78, 5) is 0. The highest BCUT2D eigenvalue weighted by Gasteiger charge is 2.57. The highest BCUT2D eigenvalue weighted by atomic mass is 16.5. The van der Waals surface area contributed by atoms with E-state index in [1.807, 2.05) is 0 Å². The van der Waals surface area contributed by atoms with Gasteiger partial charge in [0.15, 0.2) is 0 Å². The van der Waals surface area contributed by atoms with Gasteiger partial charge in [0.2, 0.25) is 0 Å². The molecule has 0 amide bonds. The third kappa shape index (κ3) is 7.45. The van der Waals surface area contributed by atoms with Crippen LogP contribution >= 0.6 is 0 Å². The molecule has 0 radical (unpaired) electrons. The second-order valence-electron chi connectivity index (χ2n) is 16.1. The van der Waals surface area contributed by atoms with Crippen LogP contribution in [0.15, 0.2) is 72.0 Å².